The zero-order chi connectivity index (χ0) is 8.65. The lowest BCUT2D eigenvalue weighted by Gasteiger charge is -1.95. The first kappa shape index (κ1) is 9.08. The second-order valence-electron chi connectivity index (χ2n) is 3.45. The molecule has 0 heterocycles. The third-order valence-electron chi connectivity index (χ3n) is 2.44. The SMILES string of the molecule is CC1(C)[C@@H](/C=C/Cl)[C@@H]1C(=O)Cl. The molecule has 0 aromatic heterocycles. The summed E-state index contributed by atoms with van der Waals surface area (Å²) in [6.07, 6.45) is 1.83. The van der Waals surface area contributed by atoms with Gasteiger partial charge < -0.3 is 0 Å². The molecule has 1 aliphatic rings. The number of hydrogen-bond acceptors (Lipinski definition) is 1. The van der Waals surface area contributed by atoms with Gasteiger partial charge in [0, 0.05) is 11.5 Å². The Kier molecular flexibility index (Phi) is 2.31. The number of hydrogen-bond donors (Lipinski definition) is 0. The van der Waals surface area contributed by atoms with Crippen molar-refractivity contribution in [1.82, 2.24) is 0 Å². The zero-order valence-electron chi connectivity index (χ0n) is 6.47. The molecule has 2 atom stereocenters. The fraction of sp³-hybridized carbons (Fsp3) is 0.625. The van der Waals surface area contributed by atoms with Gasteiger partial charge in [-0.3, -0.25) is 4.79 Å². The van der Waals surface area contributed by atoms with Crippen LogP contribution in [0.4, 0.5) is 0 Å². The molecule has 0 aromatic carbocycles. The van der Waals surface area contributed by atoms with Gasteiger partial charge >= 0.3 is 0 Å². The molecule has 1 saturated carbocycles. The van der Waals surface area contributed by atoms with Gasteiger partial charge in [0.25, 0.3) is 0 Å². The van der Waals surface area contributed by atoms with Crippen molar-refractivity contribution in [1.29, 1.82) is 0 Å². The van der Waals surface area contributed by atoms with Crippen LogP contribution in [0.25, 0.3) is 0 Å². The molecule has 0 spiro atoms. The highest BCUT2D eigenvalue weighted by molar-refractivity contribution is 6.64. The van der Waals surface area contributed by atoms with E-state index in [1.807, 2.05) is 19.9 Å². The summed E-state index contributed by atoms with van der Waals surface area (Å²) in [4.78, 5) is 10.8. The van der Waals surface area contributed by atoms with Crippen LogP contribution in [0.15, 0.2) is 11.6 Å². The molecule has 0 saturated heterocycles. The van der Waals surface area contributed by atoms with Gasteiger partial charge in [0.15, 0.2) is 0 Å². The fourth-order valence-electron chi connectivity index (χ4n) is 1.55. The fourth-order valence-corrected chi connectivity index (χ4v) is 2.12. The summed E-state index contributed by atoms with van der Waals surface area (Å²) in [6, 6.07) is 0. The molecule has 62 valence electrons. The Hall–Kier alpha value is -0.0100. The van der Waals surface area contributed by atoms with Crippen molar-refractivity contribution in [2.45, 2.75) is 13.8 Å². The summed E-state index contributed by atoms with van der Waals surface area (Å²) in [5.74, 6) is 0.184. The van der Waals surface area contributed by atoms with Crippen molar-refractivity contribution in [3.05, 3.63) is 11.6 Å². The number of carbonyl (C=O) groups excluding carboxylic acids is 1. The molecule has 0 N–H and O–H groups in total. The number of halogens is 2. The van der Waals surface area contributed by atoms with Crippen molar-refractivity contribution in [2.75, 3.05) is 0 Å². The van der Waals surface area contributed by atoms with Gasteiger partial charge in [0.1, 0.15) is 0 Å². The first-order chi connectivity index (χ1) is 5.01. The lowest BCUT2D eigenvalue weighted by molar-refractivity contribution is -0.113. The van der Waals surface area contributed by atoms with E-state index in [0.717, 1.165) is 0 Å². The van der Waals surface area contributed by atoms with Gasteiger partial charge in [-0.2, -0.15) is 0 Å². The molecule has 0 aromatic rings. The van der Waals surface area contributed by atoms with Crippen LogP contribution in [0.5, 0.6) is 0 Å². The second-order valence-corrected chi connectivity index (χ2v) is 4.07. The quantitative estimate of drug-likeness (QED) is 0.616. The highest BCUT2D eigenvalue weighted by atomic mass is 35.5. The predicted octanol–water partition coefficient (Wildman–Crippen LogP) is 2.78. The van der Waals surface area contributed by atoms with Crippen LogP contribution in [-0.2, 0) is 4.79 Å². The molecule has 3 heteroatoms. The van der Waals surface area contributed by atoms with Crippen molar-refractivity contribution < 1.29 is 4.79 Å². The summed E-state index contributed by atoms with van der Waals surface area (Å²) in [7, 11) is 0. The van der Waals surface area contributed by atoms with E-state index < -0.39 is 0 Å². The van der Waals surface area contributed by atoms with Crippen molar-refractivity contribution in [2.24, 2.45) is 17.3 Å². The molecule has 1 aliphatic carbocycles. The van der Waals surface area contributed by atoms with E-state index in [0.29, 0.717) is 0 Å². The van der Waals surface area contributed by atoms with Crippen molar-refractivity contribution >= 4 is 28.4 Å². The molecule has 1 fully saturated rings. The third-order valence-corrected chi connectivity index (χ3v) is 2.82. The van der Waals surface area contributed by atoms with Crippen LogP contribution in [0.1, 0.15) is 13.8 Å². The Bertz CT molecular complexity index is 208. The average molecular weight is 193 g/mol. The lowest BCUT2D eigenvalue weighted by Crippen LogP contribution is -1.96. The van der Waals surface area contributed by atoms with E-state index in [1.165, 1.54) is 5.54 Å². The standard InChI is InChI=1S/C8H10Cl2O/c1-8(2)5(3-4-9)6(8)7(10)11/h3-6H,1-2H3/b4-3+/t5-,6+/m0/s1. The Morgan fingerprint density at radius 3 is 2.36 bits per heavy atom. The summed E-state index contributed by atoms with van der Waals surface area (Å²) in [6.45, 7) is 4.03. The minimum atomic E-state index is -0.255. The first-order valence-electron chi connectivity index (χ1n) is 3.48. The second kappa shape index (κ2) is 2.80. The van der Waals surface area contributed by atoms with Gasteiger partial charge in [-0.05, 0) is 22.9 Å². The van der Waals surface area contributed by atoms with Crippen LogP contribution in [0.3, 0.4) is 0 Å². The van der Waals surface area contributed by atoms with Gasteiger partial charge in [0.05, 0.1) is 0 Å². The third kappa shape index (κ3) is 1.45. The molecule has 0 bridgehead atoms. The molecular formula is C8H10Cl2O. The van der Waals surface area contributed by atoms with Crippen molar-refractivity contribution in [3.8, 4) is 0 Å². The molecule has 0 radical (unpaired) electrons. The maximum absolute atomic E-state index is 10.8. The largest absolute Gasteiger partial charge is 0.281 e. The van der Waals surface area contributed by atoms with Crippen LogP contribution < -0.4 is 0 Å². The number of allylic oxidation sites excluding steroid dienone is 1. The molecular weight excluding hydrogens is 183 g/mol. The van der Waals surface area contributed by atoms with E-state index in [-0.39, 0.29) is 22.5 Å². The van der Waals surface area contributed by atoms with Crippen LogP contribution >= 0.6 is 23.2 Å². The summed E-state index contributed by atoms with van der Waals surface area (Å²) < 4.78 is 0. The van der Waals surface area contributed by atoms with Crippen molar-refractivity contribution in [3.63, 3.8) is 0 Å². The Balaban J connectivity index is 2.68. The maximum Gasteiger partial charge on any atom is 0.225 e. The topological polar surface area (TPSA) is 17.1 Å². The smallest absolute Gasteiger partial charge is 0.225 e. The zero-order valence-corrected chi connectivity index (χ0v) is 7.99. The van der Waals surface area contributed by atoms with Gasteiger partial charge in [-0.1, -0.05) is 31.5 Å². The van der Waals surface area contributed by atoms with E-state index >= 15 is 0 Å². The highest BCUT2D eigenvalue weighted by Gasteiger charge is 2.59. The van der Waals surface area contributed by atoms with Gasteiger partial charge in [-0.25, -0.2) is 0 Å². The van der Waals surface area contributed by atoms with Crippen LogP contribution in [-0.4, -0.2) is 5.24 Å². The normalized spacial score (nSPS) is 34.2. The summed E-state index contributed by atoms with van der Waals surface area (Å²) in [5, 5.41) is -0.255. The minimum Gasteiger partial charge on any atom is -0.281 e. The van der Waals surface area contributed by atoms with Crippen LogP contribution in [0, 0.1) is 17.3 Å². The van der Waals surface area contributed by atoms with Gasteiger partial charge in [-0.15, -0.1) is 0 Å². The monoisotopic (exact) mass is 192 g/mol. The van der Waals surface area contributed by atoms with E-state index in [9.17, 15) is 4.79 Å². The molecule has 0 aliphatic heterocycles. The molecule has 11 heavy (non-hydrogen) atoms. The first-order valence-corrected chi connectivity index (χ1v) is 4.29. The Morgan fingerprint density at radius 1 is 1.55 bits per heavy atom. The minimum absolute atomic E-state index is 0.00419. The average Bonchev–Trinajstić information content (AvgIpc) is 2.35. The summed E-state index contributed by atoms with van der Waals surface area (Å²) in [5.41, 5.74) is 1.45. The van der Waals surface area contributed by atoms with E-state index in [1.54, 1.807) is 0 Å². The molecule has 0 amide bonds. The highest BCUT2D eigenvalue weighted by Crippen LogP contribution is 2.59. The lowest BCUT2D eigenvalue weighted by atomic mass is 10.1. The Labute approximate surface area is 76.4 Å². The predicted molar refractivity (Wildman–Crippen MR) is 46.6 cm³/mol. The van der Waals surface area contributed by atoms with Gasteiger partial charge in [0.2, 0.25) is 5.24 Å². The Morgan fingerprint density at radius 2 is 2.09 bits per heavy atom. The number of carbonyl (C=O) groups is 1. The maximum atomic E-state index is 10.8. The molecule has 1 rings (SSSR count). The van der Waals surface area contributed by atoms with E-state index in [2.05, 4.69) is 0 Å². The van der Waals surface area contributed by atoms with E-state index in [4.69, 9.17) is 23.2 Å². The number of rotatable bonds is 2. The molecule has 1 nitrogen and oxygen atoms in total. The van der Waals surface area contributed by atoms with Crippen LogP contribution in [0.2, 0.25) is 0 Å². The summed E-state index contributed by atoms with van der Waals surface area (Å²) >= 11 is 10.8. The molecule has 0 unspecified atom stereocenters.